The number of rotatable bonds is 18. The molecule has 52 heavy (non-hydrogen) atoms. The fourth-order valence-electron chi connectivity index (χ4n) is 5.31. The Morgan fingerprint density at radius 2 is 0.558 bits per heavy atom. The van der Waals surface area contributed by atoms with Gasteiger partial charge in [0.25, 0.3) is 0 Å². The zero-order valence-corrected chi connectivity index (χ0v) is 29.1. The average molecular weight is 746 g/mol. The van der Waals surface area contributed by atoms with Gasteiger partial charge in [-0.1, -0.05) is 121 Å². The molecule has 0 saturated heterocycles. The van der Waals surface area contributed by atoms with Crippen molar-refractivity contribution >= 4 is 68.8 Å². The second kappa shape index (κ2) is 20.3. The molecule has 0 saturated carbocycles. The highest BCUT2D eigenvalue weighted by Gasteiger charge is 2.34. The summed E-state index contributed by atoms with van der Waals surface area (Å²) >= 11 is 11.2. The molecule has 268 valence electrons. The van der Waals surface area contributed by atoms with E-state index in [1.54, 1.807) is 97.1 Å². The van der Waals surface area contributed by atoms with E-state index in [0.717, 1.165) is 0 Å². The summed E-state index contributed by atoms with van der Waals surface area (Å²) in [6.07, 6.45) is -0.563. The molecule has 4 aromatic carbocycles. The number of carbonyl (C=O) groups excluding carboxylic acids is 6. The highest BCUT2D eigenvalue weighted by molar-refractivity contribution is 6.66. The number of ketones is 4. The third kappa shape index (κ3) is 11.8. The van der Waals surface area contributed by atoms with Gasteiger partial charge in [0.05, 0.1) is 11.8 Å². The Morgan fingerprint density at radius 3 is 0.750 bits per heavy atom. The van der Waals surface area contributed by atoms with Gasteiger partial charge in [-0.3, -0.25) is 38.4 Å². The number of carbonyl (C=O) groups is 8. The van der Waals surface area contributed by atoms with Gasteiger partial charge in [-0.15, -0.1) is 0 Å². The van der Waals surface area contributed by atoms with Crippen LogP contribution in [0.5, 0.6) is 0 Å². The van der Waals surface area contributed by atoms with Gasteiger partial charge in [0, 0.05) is 22.3 Å². The van der Waals surface area contributed by atoms with E-state index in [1.165, 1.54) is 24.3 Å². The van der Waals surface area contributed by atoms with Crippen molar-refractivity contribution < 1.29 is 48.6 Å². The zero-order chi connectivity index (χ0) is 38.2. The van der Waals surface area contributed by atoms with Gasteiger partial charge in [-0.05, 0) is 48.9 Å². The van der Waals surface area contributed by atoms with Crippen molar-refractivity contribution in [1.29, 1.82) is 0 Å². The molecule has 0 aromatic heterocycles. The Kier molecular flexibility index (Phi) is 16.0. The first kappa shape index (κ1) is 40.8. The lowest BCUT2D eigenvalue weighted by atomic mass is 9.87. The molecule has 4 unspecified atom stereocenters. The minimum atomic E-state index is -1.40. The molecule has 0 radical (unpaired) electrons. The molecule has 0 amide bonds. The summed E-state index contributed by atoms with van der Waals surface area (Å²) in [6.45, 7) is 0. The van der Waals surface area contributed by atoms with Crippen LogP contribution in [0.3, 0.4) is 0 Å². The smallest absolute Gasteiger partial charge is 0.314 e. The molecular weight excluding hydrogens is 711 g/mol. The van der Waals surface area contributed by atoms with Crippen LogP contribution in [0.25, 0.3) is 0 Å². The van der Waals surface area contributed by atoms with Crippen LogP contribution in [0.1, 0.15) is 67.1 Å². The molecule has 12 heteroatoms. The quantitative estimate of drug-likeness (QED) is 0.0600. The minimum Gasteiger partial charge on any atom is -0.481 e. The average Bonchev–Trinajstić information content (AvgIpc) is 3.15. The van der Waals surface area contributed by atoms with Crippen LogP contribution in [-0.4, -0.2) is 55.8 Å². The summed E-state index contributed by atoms with van der Waals surface area (Å²) in [7, 11) is 0. The van der Waals surface area contributed by atoms with Crippen molar-refractivity contribution in [2.75, 3.05) is 0 Å². The van der Waals surface area contributed by atoms with Gasteiger partial charge < -0.3 is 10.2 Å². The fraction of sp³-hybridized carbons (Fsp3) is 0.200. The highest BCUT2D eigenvalue weighted by Crippen LogP contribution is 2.25. The number of hydrogen-bond acceptors (Lipinski definition) is 8. The second-order valence-corrected chi connectivity index (χ2v) is 12.3. The van der Waals surface area contributed by atoms with Crippen LogP contribution in [0.2, 0.25) is 0 Å². The Hall–Kier alpha value is -5.58. The molecule has 2 N–H and O–H groups in total. The normalized spacial score (nSPS) is 12.8. The number of aliphatic carboxylic acids is 2. The summed E-state index contributed by atoms with van der Waals surface area (Å²) in [4.78, 5) is 96.2. The van der Waals surface area contributed by atoms with Gasteiger partial charge in [-0.2, -0.15) is 0 Å². The minimum absolute atomic E-state index is 0.0439. The fourth-order valence-corrected chi connectivity index (χ4v) is 5.73. The van der Waals surface area contributed by atoms with E-state index < -0.39 is 69.2 Å². The van der Waals surface area contributed by atoms with Gasteiger partial charge in [0.1, 0.15) is 11.8 Å². The molecule has 0 aliphatic carbocycles. The van der Waals surface area contributed by atoms with E-state index >= 15 is 0 Å². The first-order chi connectivity index (χ1) is 24.8. The molecule has 0 bridgehead atoms. The van der Waals surface area contributed by atoms with E-state index in [4.69, 9.17) is 23.2 Å². The van der Waals surface area contributed by atoms with E-state index in [0.29, 0.717) is 11.1 Å². The van der Waals surface area contributed by atoms with Crippen LogP contribution in [-0.2, 0) is 19.2 Å². The molecule has 0 spiro atoms. The molecule has 0 aliphatic rings. The van der Waals surface area contributed by atoms with E-state index in [2.05, 4.69) is 0 Å². The molecule has 10 nitrogen and oxygen atoms in total. The summed E-state index contributed by atoms with van der Waals surface area (Å²) in [5.41, 5.74) is 1.16. The molecule has 0 fully saturated rings. The molecule has 0 heterocycles. The van der Waals surface area contributed by atoms with E-state index in [1.807, 2.05) is 0 Å². The maximum absolute atomic E-state index is 12.5. The molecule has 4 rings (SSSR count). The van der Waals surface area contributed by atoms with Crippen molar-refractivity contribution in [3.8, 4) is 0 Å². The number of benzene rings is 4. The first-order valence-electron chi connectivity index (χ1n) is 16.0. The van der Waals surface area contributed by atoms with Crippen LogP contribution >= 0.6 is 23.2 Å². The third-order valence-electron chi connectivity index (χ3n) is 8.13. The summed E-state index contributed by atoms with van der Waals surface area (Å²) in [6, 6.07) is 32.4. The van der Waals surface area contributed by atoms with Crippen molar-refractivity contribution in [2.45, 2.75) is 25.7 Å². The number of Topliss-reactive ketones (excluding diaryl/α,β-unsaturated/α-hetero) is 4. The Balaban J connectivity index is 0.000000280. The lowest BCUT2D eigenvalue weighted by Gasteiger charge is -2.15. The summed E-state index contributed by atoms with van der Waals surface area (Å²) < 4.78 is 0. The number of carboxylic acid groups (broad SMARTS) is 2. The lowest BCUT2D eigenvalue weighted by Crippen LogP contribution is -2.29. The highest BCUT2D eigenvalue weighted by atomic mass is 35.5. The SMILES string of the molecule is O=C(Cl)C(CCC(C(=O)Cl)C(=O)c1ccccc1)C(=O)c1ccccc1.O=C(O)C(CCC(C(=O)O)C(=O)c1ccccc1)C(=O)c1ccccc1. The van der Waals surface area contributed by atoms with Gasteiger partial charge in [0.15, 0.2) is 23.1 Å². The summed E-state index contributed by atoms with van der Waals surface area (Å²) in [5, 5.41) is 17.1. The molecule has 4 aromatic rings. The molecular formula is C40H34Cl2O10. The predicted molar refractivity (Wildman–Crippen MR) is 193 cm³/mol. The number of halogens is 2. The predicted octanol–water partition coefficient (Wildman–Crippen LogP) is 7.23. The van der Waals surface area contributed by atoms with Crippen LogP contribution < -0.4 is 0 Å². The van der Waals surface area contributed by atoms with Gasteiger partial charge >= 0.3 is 11.9 Å². The summed E-state index contributed by atoms with van der Waals surface area (Å²) in [5.74, 6) is -9.85. The van der Waals surface area contributed by atoms with Crippen molar-refractivity contribution in [2.24, 2.45) is 23.7 Å². The van der Waals surface area contributed by atoms with E-state index in [-0.39, 0.29) is 36.8 Å². The Morgan fingerprint density at radius 1 is 0.365 bits per heavy atom. The number of hydrogen-bond donors (Lipinski definition) is 2. The zero-order valence-electron chi connectivity index (χ0n) is 27.6. The Labute approximate surface area is 309 Å². The van der Waals surface area contributed by atoms with Crippen LogP contribution in [0.4, 0.5) is 0 Å². The third-order valence-corrected chi connectivity index (χ3v) is 8.66. The lowest BCUT2D eigenvalue weighted by molar-refractivity contribution is -0.143. The van der Waals surface area contributed by atoms with Gasteiger partial charge in [-0.25, -0.2) is 0 Å². The second-order valence-electron chi connectivity index (χ2n) is 11.6. The maximum Gasteiger partial charge on any atom is 0.314 e. The first-order valence-corrected chi connectivity index (χ1v) is 16.8. The standard InChI is InChI=1S/C20H16Cl2O4.C20H18O6/c21-19(25)15(17(23)13-7-3-1-4-8-13)11-12-16(20(22)26)18(24)14-9-5-2-6-10-14;21-17(13-7-3-1-4-8-13)15(19(23)24)11-12-16(20(25)26)18(22)14-9-5-2-6-10-14/h1-10,15-16H,11-12H2;1-10,15-16H,11-12H2,(H,23,24)(H,25,26). The molecule has 0 aliphatic heterocycles. The maximum atomic E-state index is 12.5. The van der Waals surface area contributed by atoms with E-state index in [9.17, 15) is 48.6 Å². The van der Waals surface area contributed by atoms with Gasteiger partial charge in [0.2, 0.25) is 10.5 Å². The molecule has 4 atom stereocenters. The largest absolute Gasteiger partial charge is 0.481 e. The van der Waals surface area contributed by atoms with Crippen LogP contribution in [0.15, 0.2) is 121 Å². The van der Waals surface area contributed by atoms with Crippen molar-refractivity contribution in [1.82, 2.24) is 0 Å². The Bertz CT molecular complexity index is 1600. The number of carboxylic acids is 2. The topological polar surface area (TPSA) is 177 Å². The van der Waals surface area contributed by atoms with Crippen molar-refractivity contribution in [3.05, 3.63) is 144 Å². The van der Waals surface area contributed by atoms with Crippen molar-refractivity contribution in [3.63, 3.8) is 0 Å². The monoisotopic (exact) mass is 744 g/mol. The van der Waals surface area contributed by atoms with Crippen LogP contribution in [0, 0.1) is 23.7 Å².